The van der Waals surface area contributed by atoms with Crippen molar-refractivity contribution < 1.29 is 23.1 Å². The van der Waals surface area contributed by atoms with Crippen LogP contribution >= 0.6 is 39.1 Å². The average molecular weight is 499 g/mol. The van der Waals surface area contributed by atoms with Gasteiger partial charge in [-0.25, -0.2) is 0 Å². The molecule has 0 spiro atoms. The van der Waals surface area contributed by atoms with Gasteiger partial charge in [-0.15, -0.1) is 0 Å². The summed E-state index contributed by atoms with van der Waals surface area (Å²) in [7, 11) is 0. The number of alkyl halides is 3. The maximum absolute atomic E-state index is 13.4. The van der Waals surface area contributed by atoms with E-state index in [9.17, 15) is 23.1 Å². The van der Waals surface area contributed by atoms with Gasteiger partial charge in [-0.2, -0.15) is 13.2 Å². The molecular weight excluding hydrogens is 482 g/mol. The Morgan fingerprint density at radius 2 is 1.68 bits per heavy atom. The number of hydrogen-bond acceptors (Lipinski definition) is 2. The summed E-state index contributed by atoms with van der Waals surface area (Å²) >= 11 is 14.9. The first-order valence-electron chi connectivity index (χ1n) is 8.04. The van der Waals surface area contributed by atoms with E-state index in [0.29, 0.717) is 21.7 Å². The molecular formula is C19H17BrCl2F3NO2. The van der Waals surface area contributed by atoms with Crippen LogP contribution in [0.3, 0.4) is 0 Å². The number of aromatic hydroxyl groups is 1. The Kier molecular flexibility index (Phi) is 6.34. The van der Waals surface area contributed by atoms with Crippen molar-refractivity contribution in [2.75, 3.05) is 5.32 Å². The molecule has 0 radical (unpaired) electrons. The van der Waals surface area contributed by atoms with Gasteiger partial charge in [-0.05, 0) is 36.1 Å². The molecule has 0 atom stereocenters. The number of hydrogen-bond donors (Lipinski definition) is 2. The van der Waals surface area contributed by atoms with Gasteiger partial charge >= 0.3 is 6.18 Å². The molecule has 9 heteroatoms. The number of anilines is 1. The van der Waals surface area contributed by atoms with Crippen molar-refractivity contribution in [1.29, 1.82) is 0 Å². The Morgan fingerprint density at radius 1 is 1.11 bits per heavy atom. The van der Waals surface area contributed by atoms with Crippen molar-refractivity contribution in [1.82, 2.24) is 0 Å². The van der Waals surface area contributed by atoms with Crippen molar-refractivity contribution in [3.05, 3.63) is 55.0 Å². The fraction of sp³-hybridized carbons (Fsp3) is 0.316. The molecule has 2 aromatic carbocycles. The summed E-state index contributed by atoms with van der Waals surface area (Å²) in [6.45, 7) is 7.08. The second-order valence-electron chi connectivity index (χ2n) is 7.27. The number of rotatable bonds is 2. The van der Waals surface area contributed by atoms with Crippen molar-refractivity contribution in [2.24, 2.45) is 0 Å². The molecule has 0 aliphatic heterocycles. The van der Waals surface area contributed by atoms with E-state index in [1.54, 1.807) is 13.0 Å². The van der Waals surface area contributed by atoms with Crippen LogP contribution in [-0.2, 0) is 11.6 Å². The van der Waals surface area contributed by atoms with E-state index in [0.717, 1.165) is 6.07 Å². The number of phenols is 1. The maximum Gasteiger partial charge on any atom is 0.418 e. The first-order chi connectivity index (χ1) is 12.6. The van der Waals surface area contributed by atoms with Crippen LogP contribution in [0.2, 0.25) is 10.0 Å². The third-order valence-corrected chi connectivity index (χ3v) is 5.47. The molecule has 0 saturated carbocycles. The highest BCUT2D eigenvalue weighted by atomic mass is 79.9. The topological polar surface area (TPSA) is 49.3 Å². The molecule has 2 aromatic rings. The van der Waals surface area contributed by atoms with Gasteiger partial charge in [0, 0.05) is 15.1 Å². The predicted molar refractivity (Wildman–Crippen MR) is 109 cm³/mol. The summed E-state index contributed by atoms with van der Waals surface area (Å²) < 4.78 is 40.7. The van der Waals surface area contributed by atoms with Gasteiger partial charge in [-0.1, -0.05) is 59.9 Å². The molecule has 28 heavy (non-hydrogen) atoms. The highest BCUT2D eigenvalue weighted by Crippen LogP contribution is 2.42. The molecule has 0 aromatic heterocycles. The lowest BCUT2D eigenvalue weighted by Gasteiger charge is -2.24. The molecule has 0 unspecified atom stereocenters. The summed E-state index contributed by atoms with van der Waals surface area (Å²) in [5.74, 6) is -1.22. The molecule has 0 aliphatic rings. The zero-order valence-corrected chi connectivity index (χ0v) is 18.5. The lowest BCUT2D eigenvalue weighted by Crippen LogP contribution is -2.20. The van der Waals surface area contributed by atoms with Gasteiger partial charge in [0.1, 0.15) is 5.75 Å². The lowest BCUT2D eigenvalue weighted by atomic mass is 9.84. The van der Waals surface area contributed by atoms with E-state index in [1.807, 2.05) is 20.8 Å². The van der Waals surface area contributed by atoms with Gasteiger partial charge in [0.05, 0.1) is 21.8 Å². The number of carbonyl (C=O) groups excluding carboxylic acids is 1. The van der Waals surface area contributed by atoms with Crippen LogP contribution in [-0.4, -0.2) is 11.0 Å². The highest BCUT2D eigenvalue weighted by Gasteiger charge is 2.36. The van der Waals surface area contributed by atoms with Gasteiger partial charge in [0.2, 0.25) is 0 Å². The van der Waals surface area contributed by atoms with Crippen LogP contribution in [0.5, 0.6) is 5.75 Å². The van der Waals surface area contributed by atoms with Crippen LogP contribution in [0.25, 0.3) is 0 Å². The Balaban J connectivity index is 2.64. The predicted octanol–water partition coefficient (Wildman–Crippen LogP) is 7.34. The standard InChI is InChI=1S/C19H17BrCl2F3NO2/c1-8-12(20)7-11(18(2,3)4)16(27)14(8)17(28)26-15-10(19(23,24)25)5-9(21)6-13(15)22/h5-7,27H,1-4H3,(H,26,28). The number of benzene rings is 2. The quantitative estimate of drug-likeness (QED) is 0.455. The average Bonchev–Trinajstić information content (AvgIpc) is 2.51. The van der Waals surface area contributed by atoms with Crippen LogP contribution in [0, 0.1) is 6.92 Å². The molecule has 0 saturated heterocycles. The van der Waals surface area contributed by atoms with Crippen LogP contribution in [0.1, 0.15) is 47.8 Å². The molecule has 3 nitrogen and oxygen atoms in total. The van der Waals surface area contributed by atoms with Crippen LogP contribution < -0.4 is 5.32 Å². The minimum atomic E-state index is -4.79. The second-order valence-corrected chi connectivity index (χ2v) is 8.96. The van der Waals surface area contributed by atoms with Gasteiger partial charge in [0.25, 0.3) is 5.91 Å². The van der Waals surface area contributed by atoms with E-state index in [4.69, 9.17) is 23.2 Å². The number of carbonyl (C=O) groups is 1. The third-order valence-electron chi connectivity index (χ3n) is 4.13. The Hall–Kier alpha value is -1.44. The van der Waals surface area contributed by atoms with E-state index in [2.05, 4.69) is 21.2 Å². The molecule has 0 aliphatic carbocycles. The fourth-order valence-electron chi connectivity index (χ4n) is 2.68. The highest BCUT2D eigenvalue weighted by molar-refractivity contribution is 9.10. The molecule has 0 heterocycles. The Morgan fingerprint density at radius 3 is 2.18 bits per heavy atom. The Labute approximate surface area is 179 Å². The summed E-state index contributed by atoms with van der Waals surface area (Å²) in [6, 6.07) is 3.46. The minimum absolute atomic E-state index is 0.140. The minimum Gasteiger partial charge on any atom is -0.507 e. The smallest absolute Gasteiger partial charge is 0.418 e. The third kappa shape index (κ3) is 4.58. The van der Waals surface area contributed by atoms with Crippen molar-refractivity contribution in [3.63, 3.8) is 0 Å². The summed E-state index contributed by atoms with van der Waals surface area (Å²) in [6.07, 6.45) is -4.79. The van der Waals surface area contributed by atoms with Gasteiger partial charge < -0.3 is 10.4 Å². The number of phenolic OH excluding ortho intramolecular Hbond substituents is 1. The zero-order valence-electron chi connectivity index (χ0n) is 15.4. The number of nitrogens with one attached hydrogen (secondary N) is 1. The second kappa shape index (κ2) is 7.76. The maximum atomic E-state index is 13.4. The van der Waals surface area contributed by atoms with Crippen molar-refractivity contribution in [3.8, 4) is 5.75 Å². The SMILES string of the molecule is Cc1c(Br)cc(C(C)(C)C)c(O)c1C(=O)Nc1c(Cl)cc(Cl)cc1C(F)(F)F. The molecule has 2 rings (SSSR count). The monoisotopic (exact) mass is 497 g/mol. The first-order valence-corrected chi connectivity index (χ1v) is 9.59. The summed E-state index contributed by atoms with van der Waals surface area (Å²) in [5, 5.41) is 12.3. The normalized spacial score (nSPS) is 12.2. The molecule has 0 bridgehead atoms. The van der Waals surface area contributed by atoms with Gasteiger partial charge in [-0.3, -0.25) is 4.79 Å². The zero-order chi connectivity index (χ0) is 21.6. The molecule has 152 valence electrons. The van der Waals surface area contributed by atoms with Crippen LogP contribution in [0.15, 0.2) is 22.7 Å². The number of amides is 1. The summed E-state index contributed by atoms with van der Waals surface area (Å²) in [5.41, 5.74) is -1.61. The lowest BCUT2D eigenvalue weighted by molar-refractivity contribution is -0.136. The molecule has 1 amide bonds. The van der Waals surface area contributed by atoms with E-state index >= 15 is 0 Å². The fourth-order valence-corrected chi connectivity index (χ4v) is 3.65. The van der Waals surface area contributed by atoms with E-state index < -0.39 is 28.7 Å². The van der Waals surface area contributed by atoms with Crippen molar-refractivity contribution in [2.45, 2.75) is 39.3 Å². The molecule has 0 fully saturated rings. The van der Waals surface area contributed by atoms with E-state index in [-0.39, 0.29) is 21.4 Å². The number of halogens is 6. The van der Waals surface area contributed by atoms with E-state index in [1.165, 1.54) is 0 Å². The molecule has 2 N–H and O–H groups in total. The summed E-state index contributed by atoms with van der Waals surface area (Å²) in [4.78, 5) is 12.9. The van der Waals surface area contributed by atoms with Crippen molar-refractivity contribution >= 4 is 50.7 Å². The largest absolute Gasteiger partial charge is 0.507 e. The Bertz CT molecular complexity index is 954. The van der Waals surface area contributed by atoms with Crippen LogP contribution in [0.4, 0.5) is 18.9 Å². The first kappa shape index (κ1) is 22.8. The van der Waals surface area contributed by atoms with Gasteiger partial charge in [0.15, 0.2) is 0 Å².